The van der Waals surface area contributed by atoms with E-state index in [1.165, 1.54) is 30.5 Å². The maximum atomic E-state index is 13.4. The molecular formula is C53H76Cl4FN5O5. The zero-order chi connectivity index (χ0) is 47.8. The van der Waals surface area contributed by atoms with Gasteiger partial charge in [0.1, 0.15) is 0 Å². The van der Waals surface area contributed by atoms with Crippen LogP contribution in [0, 0.1) is 5.92 Å². The molecule has 1 N–H and O–H groups in total. The Morgan fingerprint density at radius 3 is 1.60 bits per heavy atom. The van der Waals surface area contributed by atoms with Gasteiger partial charge in [0.25, 0.3) is 0 Å². The maximum absolute atomic E-state index is 13.4. The number of amides is 1. The number of likely N-dealkylation sites (N-methyl/N-ethyl adjacent to an activating group) is 2. The van der Waals surface area contributed by atoms with Crippen LogP contribution in [0.2, 0.25) is 20.1 Å². The van der Waals surface area contributed by atoms with Crippen molar-refractivity contribution in [2.45, 2.75) is 91.3 Å². The molecule has 4 heterocycles. The monoisotopic (exact) mass is 1020 g/mol. The number of carboxylic acid groups (broad SMARTS) is 1. The Labute approximate surface area is 428 Å². The molecule has 8 rings (SSSR count). The molecule has 4 aliphatic rings. The predicted molar refractivity (Wildman–Crippen MR) is 281 cm³/mol. The van der Waals surface area contributed by atoms with E-state index in [2.05, 4.69) is 107 Å². The van der Waals surface area contributed by atoms with E-state index in [0.717, 1.165) is 44.3 Å². The highest BCUT2D eigenvalue weighted by molar-refractivity contribution is 6.42. The quantitative estimate of drug-likeness (QED) is 0.167. The van der Waals surface area contributed by atoms with Crippen molar-refractivity contribution in [3.05, 3.63) is 139 Å². The van der Waals surface area contributed by atoms with Gasteiger partial charge in [-0.3, -0.25) is 23.8 Å². The molecule has 0 radical (unpaired) electrons. The van der Waals surface area contributed by atoms with Gasteiger partial charge in [-0.25, -0.2) is 0 Å². The molecule has 0 bridgehead atoms. The Balaban J connectivity index is 0.000000370. The van der Waals surface area contributed by atoms with Gasteiger partial charge in [-0.1, -0.05) is 141 Å². The average molecular weight is 1030 g/mol. The van der Waals surface area contributed by atoms with Gasteiger partial charge in [-0.05, 0) is 100 Å². The first-order valence-corrected chi connectivity index (χ1v) is 23.5. The molecule has 15 heteroatoms. The van der Waals surface area contributed by atoms with E-state index in [1.54, 1.807) is 30.3 Å². The average Bonchev–Trinajstić information content (AvgIpc) is 3.30. The fraction of sp³-hybridized carbons (Fsp3) is 0.509. The molecule has 6 atom stereocenters. The molecule has 68 heavy (non-hydrogen) atoms. The fourth-order valence-electron chi connectivity index (χ4n) is 9.38. The summed E-state index contributed by atoms with van der Waals surface area (Å²) in [4.78, 5) is 35.4. The lowest BCUT2D eigenvalue weighted by Gasteiger charge is -2.54. The van der Waals surface area contributed by atoms with Gasteiger partial charge in [0, 0.05) is 38.3 Å². The minimum Gasteiger partial charge on any atom is -0.481 e. The zero-order valence-corrected chi connectivity index (χ0v) is 40.8. The number of hydrogen-bond acceptors (Lipinski definition) is 8. The van der Waals surface area contributed by atoms with E-state index < -0.39 is 13.1 Å². The maximum Gasteiger partial charge on any atom is 0.307 e. The highest BCUT2D eigenvalue weighted by Gasteiger charge is 2.46. The number of likely N-dealkylation sites (tertiary alicyclic amines) is 1. The van der Waals surface area contributed by atoms with Gasteiger partial charge >= 0.3 is 5.97 Å². The van der Waals surface area contributed by atoms with Crippen molar-refractivity contribution >= 4 is 58.3 Å². The number of piperazine rings is 1. The molecule has 1 amide bonds. The summed E-state index contributed by atoms with van der Waals surface area (Å²) in [6.07, 6.45) is 2.96. The molecule has 4 aromatic carbocycles. The molecule has 0 saturated carbocycles. The Morgan fingerprint density at radius 2 is 1.12 bits per heavy atom. The molecule has 4 saturated heterocycles. The number of benzene rings is 4. The second kappa shape index (κ2) is 30.4. The highest BCUT2D eigenvalue weighted by Crippen LogP contribution is 2.33. The van der Waals surface area contributed by atoms with Crippen LogP contribution in [0.1, 0.15) is 58.7 Å². The number of ether oxygens (including phenoxy) is 2. The van der Waals surface area contributed by atoms with E-state index >= 15 is 0 Å². The van der Waals surface area contributed by atoms with Gasteiger partial charge < -0.3 is 29.3 Å². The SMILES string of the molecule is C.C.C.CN(C)[C@H]1COC[C@@H]2[C@@H]1CCCN2Cc1ccccc1.CN(C)[C@H]1COC[C@@H]2[C@@H]1N(C(=O)Cc1ccc(Cl)c(Cl)c1)CCN2Cc1ccccc1.O=C(O)Cc1ccc(Cl)c(Cl)c1.[2H]CF. The summed E-state index contributed by atoms with van der Waals surface area (Å²) in [6, 6.07) is 33.1. The second-order valence-corrected chi connectivity index (χ2v) is 18.9. The normalized spacial score (nSPS) is 22.3. The lowest BCUT2D eigenvalue weighted by Crippen LogP contribution is -2.70. The van der Waals surface area contributed by atoms with Gasteiger partial charge in [-0.15, -0.1) is 0 Å². The smallest absolute Gasteiger partial charge is 0.307 e. The Kier molecular flexibility index (Phi) is 26.4. The van der Waals surface area contributed by atoms with Gasteiger partial charge in [0.05, 0.1) is 86.0 Å². The summed E-state index contributed by atoms with van der Waals surface area (Å²) in [5.74, 6) is 0.00565. The largest absolute Gasteiger partial charge is 0.481 e. The number of carbonyl (C=O) groups is 2. The fourth-order valence-corrected chi connectivity index (χ4v) is 10.0. The topological polar surface area (TPSA) is 89.0 Å². The third-order valence-electron chi connectivity index (χ3n) is 12.6. The number of aliphatic carboxylic acids is 1. The lowest BCUT2D eigenvalue weighted by molar-refractivity contribution is -0.152. The van der Waals surface area contributed by atoms with E-state index in [9.17, 15) is 14.0 Å². The summed E-state index contributed by atoms with van der Waals surface area (Å²) in [7, 11) is 7.50. The first-order chi connectivity index (χ1) is 31.7. The lowest BCUT2D eigenvalue weighted by atomic mass is 9.81. The number of alkyl halides is 1. The summed E-state index contributed by atoms with van der Waals surface area (Å²) in [5.41, 5.74) is 4.23. The number of halogens is 5. The number of rotatable bonds is 10. The summed E-state index contributed by atoms with van der Waals surface area (Å²) in [5, 5.41) is 10.3. The summed E-state index contributed by atoms with van der Waals surface area (Å²) >= 11 is 23.5. The first-order valence-electron chi connectivity index (χ1n) is 22.7. The number of nitrogens with zero attached hydrogens (tertiary/aromatic N) is 5. The van der Waals surface area contributed by atoms with E-state index in [4.69, 9.17) is 62.4 Å². The minimum absolute atomic E-state index is 0. The molecule has 4 aliphatic heterocycles. The predicted octanol–water partition coefficient (Wildman–Crippen LogP) is 10.9. The molecule has 0 unspecified atom stereocenters. The number of carbonyl (C=O) groups excluding carboxylic acids is 1. The van der Waals surface area contributed by atoms with Crippen molar-refractivity contribution in [1.29, 1.82) is 0 Å². The summed E-state index contributed by atoms with van der Waals surface area (Å²) < 4.78 is 27.4. The van der Waals surface area contributed by atoms with Crippen LogP contribution in [0.5, 0.6) is 0 Å². The Bertz CT molecular complexity index is 2120. The van der Waals surface area contributed by atoms with E-state index in [-0.39, 0.29) is 52.7 Å². The van der Waals surface area contributed by atoms with Crippen LogP contribution in [0.4, 0.5) is 4.39 Å². The van der Waals surface area contributed by atoms with Crippen molar-refractivity contribution in [3.8, 4) is 0 Å². The van der Waals surface area contributed by atoms with Crippen LogP contribution >= 0.6 is 46.4 Å². The zero-order valence-electron chi connectivity index (χ0n) is 38.8. The molecular weight excluding hydrogens is 947 g/mol. The van der Waals surface area contributed by atoms with Crippen LogP contribution in [0.15, 0.2) is 97.1 Å². The second-order valence-electron chi connectivity index (χ2n) is 17.3. The molecule has 0 spiro atoms. The summed E-state index contributed by atoms with van der Waals surface area (Å²) in [6.45, 7) is 7.73. The number of piperidine rings is 1. The molecule has 0 aromatic heterocycles. The molecule has 10 nitrogen and oxygen atoms in total. The number of carboxylic acids is 1. The van der Waals surface area contributed by atoms with E-state index in [1.807, 2.05) is 12.1 Å². The van der Waals surface area contributed by atoms with Crippen molar-refractivity contribution in [3.63, 3.8) is 0 Å². The van der Waals surface area contributed by atoms with Gasteiger partial charge in [-0.2, -0.15) is 0 Å². The highest BCUT2D eigenvalue weighted by atomic mass is 35.5. The van der Waals surface area contributed by atoms with E-state index in [0.29, 0.717) is 63.9 Å². The Hall–Kier alpha value is -3.33. The van der Waals surface area contributed by atoms with Crippen molar-refractivity contribution in [1.82, 2.24) is 24.5 Å². The number of hydrogen-bond donors (Lipinski definition) is 1. The standard InChI is InChI=1S/C24H29Cl2N3O2.C17H26N2O.C8H6Cl2O2.CH3F.3CH4/c1-27(2)21-15-31-16-22-24(21)29(11-10-28(22)14-17-6-4-3-5-7-17)23(30)13-18-8-9-19(25)20(26)12-18;1-18(2)16-12-20-13-17-15(16)9-6-10-19(17)11-14-7-4-3-5-8-14;9-6-2-1-5(3-7(6)10)4-8(11)12;1-2;;;/h3-9,12,21-22,24H,10-11,13-16H2,1-2H3;3-5,7-8,15-17H,6,9-13H2,1-2H3;1-3H,4H2,(H,11,12);1H3;3*1H4/t21-,22+,24+;15-,16+,17-;;;;;/m01...../s1/i;;;1D;;;. The van der Waals surface area contributed by atoms with Crippen LogP contribution in [-0.4, -0.2) is 153 Å². The minimum atomic E-state index is -1.00. The van der Waals surface area contributed by atoms with Crippen LogP contribution in [-0.2, 0) is 45.0 Å². The molecule has 4 aromatic rings. The molecule has 4 fully saturated rings. The Morgan fingerprint density at radius 1 is 0.647 bits per heavy atom. The van der Waals surface area contributed by atoms with Crippen molar-refractivity contribution in [2.24, 2.45) is 5.92 Å². The van der Waals surface area contributed by atoms with Crippen LogP contribution in [0.3, 0.4) is 0 Å². The van der Waals surface area contributed by atoms with Crippen LogP contribution < -0.4 is 0 Å². The van der Waals surface area contributed by atoms with Crippen molar-refractivity contribution in [2.75, 3.05) is 81.4 Å². The first kappa shape index (κ1) is 59.0. The van der Waals surface area contributed by atoms with Gasteiger partial charge in [0.2, 0.25) is 5.91 Å². The van der Waals surface area contributed by atoms with Crippen LogP contribution in [0.25, 0.3) is 0 Å². The van der Waals surface area contributed by atoms with Gasteiger partial charge in [0.15, 0.2) is 0 Å². The third kappa shape index (κ3) is 17.2. The molecule has 378 valence electrons. The third-order valence-corrected chi connectivity index (χ3v) is 14.1. The number of fused-ring (bicyclic) bond motifs is 2. The van der Waals surface area contributed by atoms with Crippen molar-refractivity contribution < 1.29 is 29.9 Å². The molecule has 0 aliphatic carbocycles.